The number of hydrogen-bond acceptors (Lipinski definition) is 1. The van der Waals surface area contributed by atoms with E-state index in [0.717, 1.165) is 6.42 Å². The van der Waals surface area contributed by atoms with Crippen molar-refractivity contribution in [3.8, 4) is 0 Å². The summed E-state index contributed by atoms with van der Waals surface area (Å²) in [5, 5.41) is 10.8. The molecule has 1 saturated carbocycles. The van der Waals surface area contributed by atoms with Crippen LogP contribution in [0.2, 0.25) is 0 Å². The number of rotatable bonds is 2. The average Bonchev–Trinajstić information content (AvgIpc) is 2.50. The van der Waals surface area contributed by atoms with Crippen molar-refractivity contribution in [1.82, 2.24) is 0 Å². The molecule has 1 aromatic carbocycles. The summed E-state index contributed by atoms with van der Waals surface area (Å²) in [4.78, 5) is 0. The fourth-order valence-corrected chi connectivity index (χ4v) is 3.39. The molecule has 1 heteroatoms. The van der Waals surface area contributed by atoms with Crippen LogP contribution in [0.5, 0.6) is 0 Å². The van der Waals surface area contributed by atoms with Gasteiger partial charge in [0.25, 0.3) is 0 Å². The van der Waals surface area contributed by atoms with Gasteiger partial charge in [-0.2, -0.15) is 0 Å². The molecule has 0 saturated heterocycles. The van der Waals surface area contributed by atoms with Crippen molar-refractivity contribution in [2.45, 2.75) is 44.1 Å². The molecular weight excluding hydrogens is 232 g/mol. The first-order valence-corrected chi connectivity index (χ1v) is 7.45. The summed E-state index contributed by atoms with van der Waals surface area (Å²) < 4.78 is 0. The standard InChI is InChI=1S/C18H22O/c19-18(17-9-5-2-6-10-17)13-11-16(12-14-18)15-7-3-1-4-8-15/h1,3-4,7-8,11-13,17,19H,2,5-6,9-10,14H2. The molecular formula is C18H22O. The predicted octanol–water partition coefficient (Wildman–Crippen LogP) is 4.34. The lowest BCUT2D eigenvalue weighted by atomic mass is 9.73. The Hall–Kier alpha value is -1.34. The largest absolute Gasteiger partial charge is 0.385 e. The van der Waals surface area contributed by atoms with Crippen LogP contribution < -0.4 is 0 Å². The van der Waals surface area contributed by atoms with Crippen LogP contribution in [-0.4, -0.2) is 10.7 Å². The molecule has 0 aliphatic heterocycles. The van der Waals surface area contributed by atoms with E-state index >= 15 is 0 Å². The maximum absolute atomic E-state index is 10.8. The van der Waals surface area contributed by atoms with Crippen LogP contribution in [0.25, 0.3) is 5.57 Å². The second kappa shape index (κ2) is 5.34. The average molecular weight is 254 g/mol. The SMILES string of the molecule is OC1(C2CCCCC2)C=CC(c2ccccc2)=CC1. The van der Waals surface area contributed by atoms with Crippen molar-refractivity contribution in [3.63, 3.8) is 0 Å². The lowest BCUT2D eigenvalue weighted by Gasteiger charge is -2.37. The summed E-state index contributed by atoms with van der Waals surface area (Å²) in [6.45, 7) is 0. The van der Waals surface area contributed by atoms with Gasteiger partial charge in [0.15, 0.2) is 0 Å². The van der Waals surface area contributed by atoms with Gasteiger partial charge in [0, 0.05) is 0 Å². The van der Waals surface area contributed by atoms with E-state index in [9.17, 15) is 5.11 Å². The van der Waals surface area contributed by atoms with Gasteiger partial charge in [0.05, 0.1) is 5.60 Å². The molecule has 1 aromatic rings. The zero-order valence-electron chi connectivity index (χ0n) is 11.4. The summed E-state index contributed by atoms with van der Waals surface area (Å²) in [5.74, 6) is 0.450. The van der Waals surface area contributed by atoms with E-state index in [2.05, 4.69) is 36.4 Å². The van der Waals surface area contributed by atoms with E-state index in [-0.39, 0.29) is 0 Å². The van der Waals surface area contributed by atoms with Gasteiger partial charge in [0.2, 0.25) is 0 Å². The van der Waals surface area contributed by atoms with Crippen LogP contribution in [0, 0.1) is 5.92 Å². The van der Waals surface area contributed by atoms with E-state index in [1.165, 1.54) is 43.2 Å². The molecule has 0 bridgehead atoms. The second-order valence-corrected chi connectivity index (χ2v) is 5.89. The molecule has 0 heterocycles. The van der Waals surface area contributed by atoms with Crippen molar-refractivity contribution in [1.29, 1.82) is 0 Å². The zero-order valence-corrected chi connectivity index (χ0v) is 11.4. The monoisotopic (exact) mass is 254 g/mol. The molecule has 2 aliphatic rings. The second-order valence-electron chi connectivity index (χ2n) is 5.89. The van der Waals surface area contributed by atoms with Gasteiger partial charge in [-0.1, -0.05) is 67.8 Å². The highest BCUT2D eigenvalue weighted by Gasteiger charge is 2.35. The van der Waals surface area contributed by atoms with Gasteiger partial charge in [-0.15, -0.1) is 0 Å². The maximum atomic E-state index is 10.8. The van der Waals surface area contributed by atoms with E-state index in [4.69, 9.17) is 0 Å². The van der Waals surface area contributed by atoms with Gasteiger partial charge in [0.1, 0.15) is 0 Å². The minimum atomic E-state index is -0.599. The fourth-order valence-electron chi connectivity index (χ4n) is 3.39. The molecule has 19 heavy (non-hydrogen) atoms. The fraction of sp³-hybridized carbons (Fsp3) is 0.444. The van der Waals surface area contributed by atoms with Crippen molar-refractivity contribution >= 4 is 5.57 Å². The van der Waals surface area contributed by atoms with Crippen LogP contribution in [0.4, 0.5) is 0 Å². The van der Waals surface area contributed by atoms with Gasteiger partial charge >= 0.3 is 0 Å². The van der Waals surface area contributed by atoms with E-state index in [0.29, 0.717) is 5.92 Å². The molecule has 1 N–H and O–H groups in total. The lowest BCUT2D eigenvalue weighted by Crippen LogP contribution is -2.37. The third-order valence-electron chi connectivity index (χ3n) is 4.62. The normalized spacial score (nSPS) is 28.2. The highest BCUT2D eigenvalue weighted by Crippen LogP contribution is 2.39. The molecule has 1 atom stereocenters. The molecule has 0 aromatic heterocycles. The Morgan fingerprint density at radius 2 is 1.74 bits per heavy atom. The molecule has 1 unspecified atom stereocenters. The van der Waals surface area contributed by atoms with Gasteiger partial charge in [-0.3, -0.25) is 0 Å². The molecule has 1 fully saturated rings. The smallest absolute Gasteiger partial charge is 0.0893 e. The highest BCUT2D eigenvalue weighted by atomic mass is 16.3. The molecule has 100 valence electrons. The molecule has 0 spiro atoms. The summed E-state index contributed by atoms with van der Waals surface area (Å²) in [7, 11) is 0. The third-order valence-corrected chi connectivity index (χ3v) is 4.62. The Morgan fingerprint density at radius 1 is 1.00 bits per heavy atom. The summed E-state index contributed by atoms with van der Waals surface area (Å²) in [5.41, 5.74) is 1.88. The van der Waals surface area contributed by atoms with Crippen LogP contribution in [0.15, 0.2) is 48.6 Å². The molecule has 0 amide bonds. The number of allylic oxidation sites excluding steroid dienone is 2. The lowest BCUT2D eigenvalue weighted by molar-refractivity contribution is 0.0127. The zero-order chi connectivity index (χ0) is 13.1. The third kappa shape index (κ3) is 2.66. The van der Waals surface area contributed by atoms with Crippen molar-refractivity contribution in [3.05, 3.63) is 54.1 Å². The molecule has 0 radical (unpaired) electrons. The summed E-state index contributed by atoms with van der Waals surface area (Å²) in [6.07, 6.45) is 13.3. The topological polar surface area (TPSA) is 20.2 Å². The van der Waals surface area contributed by atoms with Crippen LogP contribution >= 0.6 is 0 Å². The summed E-state index contributed by atoms with van der Waals surface area (Å²) in [6, 6.07) is 10.4. The van der Waals surface area contributed by atoms with Gasteiger partial charge in [-0.25, -0.2) is 0 Å². The predicted molar refractivity (Wildman–Crippen MR) is 79.7 cm³/mol. The first kappa shape index (κ1) is 12.7. The van der Waals surface area contributed by atoms with Crippen LogP contribution in [-0.2, 0) is 0 Å². The first-order valence-electron chi connectivity index (χ1n) is 7.45. The Kier molecular flexibility index (Phi) is 3.56. The van der Waals surface area contributed by atoms with Gasteiger partial charge < -0.3 is 5.11 Å². The Morgan fingerprint density at radius 3 is 2.37 bits per heavy atom. The van der Waals surface area contributed by atoms with Crippen molar-refractivity contribution in [2.24, 2.45) is 5.92 Å². The Bertz CT molecular complexity index is 480. The van der Waals surface area contributed by atoms with E-state index in [1.54, 1.807) is 0 Å². The number of aliphatic hydroxyl groups is 1. The van der Waals surface area contributed by atoms with Crippen LogP contribution in [0.1, 0.15) is 44.1 Å². The number of hydrogen-bond donors (Lipinski definition) is 1. The Labute approximate surface area is 115 Å². The molecule has 1 nitrogen and oxygen atoms in total. The minimum absolute atomic E-state index is 0.450. The minimum Gasteiger partial charge on any atom is -0.385 e. The molecule has 2 aliphatic carbocycles. The quantitative estimate of drug-likeness (QED) is 0.832. The van der Waals surface area contributed by atoms with Crippen LogP contribution in [0.3, 0.4) is 0 Å². The van der Waals surface area contributed by atoms with E-state index < -0.39 is 5.60 Å². The van der Waals surface area contributed by atoms with E-state index in [1.807, 2.05) is 12.1 Å². The highest BCUT2D eigenvalue weighted by molar-refractivity contribution is 5.75. The van der Waals surface area contributed by atoms with Gasteiger partial charge in [-0.05, 0) is 36.3 Å². The number of benzene rings is 1. The van der Waals surface area contributed by atoms with Crippen molar-refractivity contribution in [2.75, 3.05) is 0 Å². The Balaban J connectivity index is 1.74. The molecule has 3 rings (SSSR count). The maximum Gasteiger partial charge on any atom is 0.0893 e. The first-order chi connectivity index (χ1) is 9.28. The summed E-state index contributed by atoms with van der Waals surface area (Å²) >= 11 is 0. The van der Waals surface area contributed by atoms with Crippen molar-refractivity contribution < 1.29 is 5.11 Å².